The lowest BCUT2D eigenvalue weighted by atomic mass is 10.1. The van der Waals surface area contributed by atoms with Gasteiger partial charge in [-0.15, -0.1) is 0 Å². The summed E-state index contributed by atoms with van der Waals surface area (Å²) in [5, 5.41) is 4.46. The summed E-state index contributed by atoms with van der Waals surface area (Å²) in [5.74, 6) is 8.69. The Morgan fingerprint density at radius 3 is 2.66 bits per heavy atom. The van der Waals surface area contributed by atoms with E-state index in [1.807, 2.05) is 12.1 Å². The molecule has 200 valence electrons. The van der Waals surface area contributed by atoms with Crippen LogP contribution >= 0.6 is 11.6 Å². The SMILES string of the molecule is COCC#Cc1cc(Cl)c(Nc2ncnc3cc(OCCN4CCN(C)CC4)c(OC)cc23)c2c1OCO2. The van der Waals surface area contributed by atoms with Gasteiger partial charge in [-0.3, -0.25) is 4.90 Å². The first-order chi connectivity index (χ1) is 18.6. The van der Waals surface area contributed by atoms with E-state index in [2.05, 4.69) is 44.0 Å². The zero-order valence-electron chi connectivity index (χ0n) is 21.7. The molecule has 1 N–H and O–H groups in total. The van der Waals surface area contributed by atoms with Crippen LogP contribution in [0.2, 0.25) is 5.02 Å². The minimum absolute atomic E-state index is 0.0660. The molecule has 3 aromatic rings. The van der Waals surface area contributed by atoms with Crippen LogP contribution in [-0.2, 0) is 4.74 Å². The molecule has 11 heteroatoms. The van der Waals surface area contributed by atoms with Gasteiger partial charge >= 0.3 is 0 Å². The molecule has 1 saturated heterocycles. The number of hydrogen-bond donors (Lipinski definition) is 1. The Morgan fingerprint density at radius 2 is 1.87 bits per heavy atom. The van der Waals surface area contributed by atoms with Crippen LogP contribution in [0.3, 0.4) is 0 Å². The van der Waals surface area contributed by atoms with E-state index in [1.54, 1.807) is 20.3 Å². The van der Waals surface area contributed by atoms with Crippen LogP contribution < -0.4 is 24.3 Å². The second kappa shape index (κ2) is 11.9. The van der Waals surface area contributed by atoms with E-state index in [-0.39, 0.29) is 6.79 Å². The van der Waals surface area contributed by atoms with Crippen LogP contribution in [0.1, 0.15) is 5.56 Å². The topological polar surface area (TPSA) is 90.4 Å². The number of likely N-dealkylation sites (N-methyl/N-ethyl adjacent to an activating group) is 1. The van der Waals surface area contributed by atoms with Gasteiger partial charge in [-0.25, -0.2) is 9.97 Å². The van der Waals surface area contributed by atoms with Gasteiger partial charge in [0.25, 0.3) is 0 Å². The first-order valence-corrected chi connectivity index (χ1v) is 12.7. The summed E-state index contributed by atoms with van der Waals surface area (Å²) in [6, 6.07) is 5.46. The highest BCUT2D eigenvalue weighted by Gasteiger charge is 2.25. The molecule has 10 nitrogen and oxygen atoms in total. The van der Waals surface area contributed by atoms with Gasteiger partial charge in [0.1, 0.15) is 31.0 Å². The van der Waals surface area contributed by atoms with Crippen molar-refractivity contribution in [2.24, 2.45) is 0 Å². The van der Waals surface area contributed by atoms with Crippen molar-refractivity contribution in [1.29, 1.82) is 0 Å². The van der Waals surface area contributed by atoms with Crippen molar-refractivity contribution in [1.82, 2.24) is 19.8 Å². The summed E-state index contributed by atoms with van der Waals surface area (Å²) < 4.78 is 28.2. The van der Waals surface area contributed by atoms with Gasteiger partial charge in [-0.05, 0) is 19.2 Å². The Hall–Kier alpha value is -3.49. The molecular weight excluding hydrogens is 510 g/mol. The monoisotopic (exact) mass is 539 g/mol. The number of anilines is 2. The average Bonchev–Trinajstić information content (AvgIpc) is 3.42. The maximum atomic E-state index is 6.65. The molecule has 0 radical (unpaired) electrons. The highest BCUT2D eigenvalue weighted by Crippen LogP contribution is 2.47. The molecular formula is C27H30ClN5O5. The third-order valence-corrected chi connectivity index (χ3v) is 6.76. The lowest BCUT2D eigenvalue weighted by molar-refractivity contribution is 0.133. The molecule has 1 aromatic heterocycles. The van der Waals surface area contributed by atoms with Crippen LogP contribution in [0.5, 0.6) is 23.0 Å². The normalized spacial score (nSPS) is 15.3. The largest absolute Gasteiger partial charge is 0.493 e. The summed E-state index contributed by atoms with van der Waals surface area (Å²) in [4.78, 5) is 13.6. The first-order valence-electron chi connectivity index (χ1n) is 12.3. The maximum Gasteiger partial charge on any atom is 0.231 e. The lowest BCUT2D eigenvalue weighted by Gasteiger charge is -2.32. The number of benzene rings is 2. The Balaban J connectivity index is 1.39. The zero-order chi connectivity index (χ0) is 26.5. The Morgan fingerprint density at radius 1 is 1.05 bits per heavy atom. The first kappa shape index (κ1) is 26.1. The van der Waals surface area contributed by atoms with E-state index in [1.165, 1.54) is 6.33 Å². The van der Waals surface area contributed by atoms with Gasteiger partial charge in [-0.2, -0.15) is 0 Å². The Labute approximate surface area is 226 Å². The summed E-state index contributed by atoms with van der Waals surface area (Å²) in [6.45, 7) is 5.99. The number of nitrogens with one attached hydrogen (secondary N) is 1. The predicted molar refractivity (Wildman–Crippen MR) is 145 cm³/mol. The maximum absolute atomic E-state index is 6.65. The van der Waals surface area contributed by atoms with E-state index in [0.717, 1.165) is 38.1 Å². The highest BCUT2D eigenvalue weighted by molar-refractivity contribution is 6.34. The molecule has 2 aliphatic heterocycles. The fraction of sp³-hybridized carbons (Fsp3) is 0.407. The molecule has 0 atom stereocenters. The molecule has 0 aliphatic carbocycles. The fourth-order valence-corrected chi connectivity index (χ4v) is 4.60. The third-order valence-electron chi connectivity index (χ3n) is 6.46. The Kier molecular flexibility index (Phi) is 8.20. The van der Waals surface area contributed by atoms with Crippen molar-refractivity contribution in [3.63, 3.8) is 0 Å². The minimum atomic E-state index is 0.0660. The molecule has 0 spiro atoms. The summed E-state index contributed by atoms with van der Waals surface area (Å²) in [7, 11) is 5.35. The number of hydrogen-bond acceptors (Lipinski definition) is 10. The van der Waals surface area contributed by atoms with Crippen molar-refractivity contribution in [2.45, 2.75) is 0 Å². The quantitative estimate of drug-likeness (QED) is 0.430. The predicted octanol–water partition coefficient (Wildman–Crippen LogP) is 3.39. The molecule has 2 aromatic carbocycles. The minimum Gasteiger partial charge on any atom is -0.493 e. The van der Waals surface area contributed by atoms with Crippen LogP contribution in [-0.4, -0.2) is 93.8 Å². The summed E-state index contributed by atoms with van der Waals surface area (Å²) >= 11 is 6.65. The zero-order valence-corrected chi connectivity index (χ0v) is 22.4. The fourth-order valence-electron chi connectivity index (χ4n) is 4.36. The Bertz CT molecular complexity index is 1370. The van der Waals surface area contributed by atoms with Gasteiger partial charge < -0.3 is 33.9 Å². The van der Waals surface area contributed by atoms with Crippen molar-refractivity contribution in [3.8, 4) is 34.8 Å². The molecule has 0 amide bonds. The number of fused-ring (bicyclic) bond motifs is 2. The van der Waals surface area contributed by atoms with E-state index >= 15 is 0 Å². The van der Waals surface area contributed by atoms with Crippen LogP contribution in [0.4, 0.5) is 11.5 Å². The van der Waals surface area contributed by atoms with Gasteiger partial charge in [-0.1, -0.05) is 23.4 Å². The van der Waals surface area contributed by atoms with Crippen molar-refractivity contribution in [3.05, 3.63) is 35.1 Å². The van der Waals surface area contributed by atoms with Crippen molar-refractivity contribution in [2.75, 3.05) is 79.3 Å². The highest BCUT2D eigenvalue weighted by atomic mass is 35.5. The second-order valence-electron chi connectivity index (χ2n) is 8.94. The van der Waals surface area contributed by atoms with Crippen molar-refractivity contribution >= 4 is 34.0 Å². The summed E-state index contributed by atoms with van der Waals surface area (Å²) in [5.41, 5.74) is 1.85. The van der Waals surface area contributed by atoms with Crippen LogP contribution in [0, 0.1) is 11.8 Å². The number of ether oxygens (including phenoxy) is 5. The van der Waals surface area contributed by atoms with E-state index < -0.39 is 0 Å². The lowest BCUT2D eigenvalue weighted by Crippen LogP contribution is -2.45. The number of aromatic nitrogens is 2. The number of nitrogens with zero attached hydrogens (tertiary/aromatic N) is 4. The van der Waals surface area contributed by atoms with E-state index in [9.17, 15) is 0 Å². The second-order valence-corrected chi connectivity index (χ2v) is 9.35. The molecule has 0 bridgehead atoms. The van der Waals surface area contributed by atoms with E-state index in [4.69, 9.17) is 35.3 Å². The van der Waals surface area contributed by atoms with E-state index in [0.29, 0.717) is 63.8 Å². The van der Waals surface area contributed by atoms with Gasteiger partial charge in [0.2, 0.25) is 6.79 Å². The molecule has 38 heavy (non-hydrogen) atoms. The smallest absolute Gasteiger partial charge is 0.231 e. The number of halogens is 1. The average molecular weight is 540 g/mol. The standard InChI is InChI=1S/C27H30ClN5O5/c1-32-6-8-33(9-7-32)10-12-36-23-15-21-19(14-22(23)35-3)27(30-16-29-21)31-24-20(28)13-18(5-4-11-34-2)25-26(24)38-17-37-25/h13-16H,6-12,17H2,1-3H3,(H,29,30,31). The third kappa shape index (κ3) is 5.66. The van der Waals surface area contributed by atoms with Crippen LogP contribution in [0.15, 0.2) is 24.5 Å². The number of rotatable bonds is 8. The van der Waals surface area contributed by atoms with Gasteiger partial charge in [0.15, 0.2) is 23.0 Å². The van der Waals surface area contributed by atoms with Gasteiger partial charge in [0.05, 0.1) is 23.2 Å². The molecule has 0 unspecified atom stereocenters. The molecule has 5 rings (SSSR count). The summed E-state index contributed by atoms with van der Waals surface area (Å²) in [6.07, 6.45) is 1.49. The number of piperazine rings is 1. The van der Waals surface area contributed by atoms with Crippen molar-refractivity contribution < 1.29 is 23.7 Å². The number of methoxy groups -OCH3 is 2. The molecule has 2 aliphatic rings. The van der Waals surface area contributed by atoms with Crippen LogP contribution in [0.25, 0.3) is 10.9 Å². The molecule has 3 heterocycles. The molecule has 1 fully saturated rings. The van der Waals surface area contributed by atoms with Gasteiger partial charge in [0, 0.05) is 51.3 Å². The molecule has 0 saturated carbocycles.